The average Bonchev–Trinajstić information content (AvgIpc) is 3.00. The lowest BCUT2D eigenvalue weighted by molar-refractivity contribution is -0.114. The minimum atomic E-state index is -2.97. The van der Waals surface area contributed by atoms with E-state index < -0.39 is 30.8 Å². The lowest BCUT2D eigenvalue weighted by Crippen LogP contribution is -2.34. The quantitative estimate of drug-likeness (QED) is 0.871. The standard InChI is InChI=1S/C14H12F2N2O3/c15-14(16)6-20-12-4-11(21-13(12)14)9-3-10(19)7-5-17-2-1-8(7)18-9/h1-3,5,11-13H,4,6H2,(H,18,19)/t11-,12?,13?/m1/s1. The summed E-state index contributed by atoms with van der Waals surface area (Å²) in [6, 6.07) is 3.05. The summed E-state index contributed by atoms with van der Waals surface area (Å²) in [6.45, 7) is -0.602. The lowest BCUT2D eigenvalue weighted by atomic mass is 10.1. The summed E-state index contributed by atoms with van der Waals surface area (Å²) in [5.74, 6) is -2.97. The Morgan fingerprint density at radius 3 is 3.10 bits per heavy atom. The van der Waals surface area contributed by atoms with Crippen molar-refractivity contribution in [2.24, 2.45) is 0 Å². The van der Waals surface area contributed by atoms with E-state index in [1.54, 1.807) is 12.3 Å². The fraction of sp³-hybridized carbons (Fsp3) is 0.429. The number of nitrogens with one attached hydrogen (secondary N) is 1. The number of H-pyrrole nitrogens is 1. The van der Waals surface area contributed by atoms with Gasteiger partial charge in [0.05, 0.1) is 17.0 Å². The van der Waals surface area contributed by atoms with Crippen molar-refractivity contribution in [1.82, 2.24) is 9.97 Å². The molecule has 0 bridgehead atoms. The molecule has 0 saturated carbocycles. The Kier molecular flexibility index (Phi) is 2.64. The molecule has 2 aliphatic rings. The van der Waals surface area contributed by atoms with Crippen LogP contribution in [0.5, 0.6) is 0 Å². The Morgan fingerprint density at radius 2 is 2.29 bits per heavy atom. The summed E-state index contributed by atoms with van der Waals surface area (Å²) in [4.78, 5) is 19.0. The van der Waals surface area contributed by atoms with Crippen molar-refractivity contribution >= 4 is 10.9 Å². The highest BCUT2D eigenvalue weighted by Gasteiger charge is 2.57. The number of alkyl halides is 2. The van der Waals surface area contributed by atoms with Gasteiger partial charge in [0.15, 0.2) is 11.5 Å². The molecular formula is C14H12F2N2O3. The second kappa shape index (κ2) is 4.32. The molecule has 110 valence electrons. The van der Waals surface area contributed by atoms with Crippen LogP contribution in [0.1, 0.15) is 18.2 Å². The predicted molar refractivity (Wildman–Crippen MR) is 69.3 cm³/mol. The second-order valence-corrected chi connectivity index (χ2v) is 5.40. The molecule has 2 unspecified atom stereocenters. The van der Waals surface area contributed by atoms with Gasteiger partial charge >= 0.3 is 0 Å². The minimum Gasteiger partial charge on any atom is -0.369 e. The number of hydrogen-bond acceptors (Lipinski definition) is 4. The van der Waals surface area contributed by atoms with Crippen LogP contribution in [-0.2, 0) is 9.47 Å². The van der Waals surface area contributed by atoms with Crippen LogP contribution in [0.2, 0.25) is 0 Å². The van der Waals surface area contributed by atoms with E-state index in [4.69, 9.17) is 9.47 Å². The molecule has 1 N–H and O–H groups in total. The van der Waals surface area contributed by atoms with E-state index in [0.29, 0.717) is 23.0 Å². The van der Waals surface area contributed by atoms with Crippen molar-refractivity contribution in [2.45, 2.75) is 30.7 Å². The average molecular weight is 294 g/mol. The summed E-state index contributed by atoms with van der Waals surface area (Å²) in [6.07, 6.45) is 0.896. The molecule has 7 heteroatoms. The molecule has 5 nitrogen and oxygen atoms in total. The largest absolute Gasteiger partial charge is 0.369 e. The van der Waals surface area contributed by atoms with Crippen LogP contribution in [0.25, 0.3) is 10.9 Å². The van der Waals surface area contributed by atoms with E-state index in [9.17, 15) is 13.6 Å². The number of hydrogen-bond donors (Lipinski definition) is 1. The van der Waals surface area contributed by atoms with Gasteiger partial charge in [-0.15, -0.1) is 0 Å². The van der Waals surface area contributed by atoms with E-state index >= 15 is 0 Å². The Balaban J connectivity index is 1.71. The van der Waals surface area contributed by atoms with Gasteiger partial charge in [-0.2, -0.15) is 0 Å². The highest BCUT2D eigenvalue weighted by atomic mass is 19.3. The zero-order valence-corrected chi connectivity index (χ0v) is 10.9. The Bertz CT molecular complexity index is 761. The summed E-state index contributed by atoms with van der Waals surface area (Å²) >= 11 is 0. The fourth-order valence-corrected chi connectivity index (χ4v) is 2.97. The maximum absolute atomic E-state index is 13.6. The van der Waals surface area contributed by atoms with Crippen LogP contribution in [-0.4, -0.2) is 34.7 Å². The van der Waals surface area contributed by atoms with Crippen molar-refractivity contribution < 1.29 is 18.3 Å². The summed E-state index contributed by atoms with van der Waals surface area (Å²) < 4.78 is 37.7. The molecule has 0 radical (unpaired) electrons. The summed E-state index contributed by atoms with van der Waals surface area (Å²) in [7, 11) is 0. The topological polar surface area (TPSA) is 64.2 Å². The third-order valence-electron chi connectivity index (χ3n) is 4.00. The molecule has 2 aromatic heterocycles. The van der Waals surface area contributed by atoms with Gasteiger partial charge in [-0.3, -0.25) is 9.78 Å². The molecule has 2 fully saturated rings. The Labute approximate surface area is 117 Å². The van der Waals surface area contributed by atoms with Crippen LogP contribution in [0.3, 0.4) is 0 Å². The first kappa shape index (κ1) is 12.8. The van der Waals surface area contributed by atoms with Crippen LogP contribution in [0.15, 0.2) is 29.3 Å². The summed E-state index contributed by atoms with van der Waals surface area (Å²) in [5.41, 5.74) is 0.897. The van der Waals surface area contributed by atoms with Crippen LogP contribution < -0.4 is 5.43 Å². The molecule has 0 aliphatic carbocycles. The fourth-order valence-electron chi connectivity index (χ4n) is 2.97. The van der Waals surface area contributed by atoms with Gasteiger partial charge in [0.2, 0.25) is 0 Å². The van der Waals surface area contributed by atoms with Gasteiger partial charge < -0.3 is 14.5 Å². The van der Waals surface area contributed by atoms with E-state index in [1.807, 2.05) is 0 Å². The van der Waals surface area contributed by atoms with Crippen molar-refractivity contribution in [2.75, 3.05) is 6.61 Å². The molecule has 21 heavy (non-hydrogen) atoms. The Hall–Kier alpha value is -1.86. The maximum Gasteiger partial charge on any atom is 0.299 e. The van der Waals surface area contributed by atoms with E-state index in [0.717, 1.165) is 0 Å². The smallest absolute Gasteiger partial charge is 0.299 e. The van der Waals surface area contributed by atoms with Gasteiger partial charge in [-0.1, -0.05) is 0 Å². The number of ether oxygens (including phenoxy) is 2. The van der Waals surface area contributed by atoms with Gasteiger partial charge in [-0.25, -0.2) is 8.78 Å². The molecule has 4 rings (SSSR count). The molecule has 2 aromatic rings. The highest BCUT2D eigenvalue weighted by molar-refractivity contribution is 5.77. The first-order valence-electron chi connectivity index (χ1n) is 6.66. The van der Waals surface area contributed by atoms with Crippen LogP contribution in [0.4, 0.5) is 8.78 Å². The number of aromatic nitrogens is 2. The number of fused-ring (bicyclic) bond motifs is 2. The molecule has 0 aromatic carbocycles. The first-order chi connectivity index (χ1) is 10.0. The van der Waals surface area contributed by atoms with Crippen molar-refractivity contribution in [3.63, 3.8) is 0 Å². The van der Waals surface area contributed by atoms with Crippen LogP contribution >= 0.6 is 0 Å². The zero-order valence-electron chi connectivity index (χ0n) is 10.9. The van der Waals surface area contributed by atoms with Crippen molar-refractivity contribution in [3.05, 3.63) is 40.4 Å². The first-order valence-corrected chi connectivity index (χ1v) is 6.66. The van der Waals surface area contributed by atoms with Gasteiger partial charge in [-0.05, 0) is 6.07 Å². The normalized spacial score (nSPS) is 30.7. The molecule has 0 spiro atoms. The highest BCUT2D eigenvalue weighted by Crippen LogP contribution is 2.44. The van der Waals surface area contributed by atoms with E-state index in [-0.39, 0.29) is 5.43 Å². The third-order valence-corrected chi connectivity index (χ3v) is 4.00. The van der Waals surface area contributed by atoms with Crippen molar-refractivity contribution in [1.29, 1.82) is 0 Å². The predicted octanol–water partition coefficient (Wildman–Crippen LogP) is 1.79. The molecular weight excluding hydrogens is 282 g/mol. The lowest BCUT2D eigenvalue weighted by Gasteiger charge is -2.17. The van der Waals surface area contributed by atoms with E-state index in [2.05, 4.69) is 9.97 Å². The number of halogens is 2. The van der Waals surface area contributed by atoms with Gasteiger partial charge in [0.1, 0.15) is 12.7 Å². The monoisotopic (exact) mass is 294 g/mol. The SMILES string of the molecule is O=c1cc([C@H]2CC3OCC(F)(F)C3O2)[nH]c2ccncc12. The number of rotatable bonds is 1. The zero-order chi connectivity index (χ0) is 14.6. The van der Waals surface area contributed by atoms with Crippen molar-refractivity contribution in [3.8, 4) is 0 Å². The second-order valence-electron chi connectivity index (χ2n) is 5.40. The number of aromatic amines is 1. The number of nitrogens with zero attached hydrogens (tertiary/aromatic N) is 1. The molecule has 3 atom stereocenters. The van der Waals surface area contributed by atoms with Gasteiger partial charge in [0, 0.05) is 30.6 Å². The molecule has 2 saturated heterocycles. The minimum absolute atomic E-state index is 0.208. The number of pyridine rings is 2. The molecule has 4 heterocycles. The van der Waals surface area contributed by atoms with Gasteiger partial charge in [0.25, 0.3) is 5.92 Å². The van der Waals surface area contributed by atoms with Crippen LogP contribution in [0, 0.1) is 0 Å². The Morgan fingerprint density at radius 1 is 1.43 bits per heavy atom. The van der Waals surface area contributed by atoms with E-state index in [1.165, 1.54) is 12.3 Å². The summed E-state index contributed by atoms with van der Waals surface area (Å²) in [5, 5.41) is 0.459. The molecule has 2 aliphatic heterocycles. The maximum atomic E-state index is 13.6. The molecule has 0 amide bonds. The third kappa shape index (κ3) is 1.96.